The van der Waals surface area contributed by atoms with E-state index in [0.29, 0.717) is 37.9 Å². The van der Waals surface area contributed by atoms with Crippen LogP contribution in [0.3, 0.4) is 0 Å². The number of nitrogens with zero attached hydrogens (tertiary/aromatic N) is 2. The predicted molar refractivity (Wildman–Crippen MR) is 75.0 cm³/mol. The molecule has 5 nitrogen and oxygen atoms in total. The van der Waals surface area contributed by atoms with E-state index in [1.165, 1.54) is 6.07 Å². The van der Waals surface area contributed by atoms with Gasteiger partial charge in [0.15, 0.2) is 6.73 Å². The Morgan fingerprint density at radius 2 is 2.05 bits per heavy atom. The standard InChI is InChI=1S/C14H18FN3O2/c15-13-7-11(18-9-12(8-16)20-10-18)1-2-14(13)17-3-5-19-6-4-17/h1-2,7,9H,3-6,8,10,16H2. The van der Waals surface area contributed by atoms with Crippen LogP contribution in [0.4, 0.5) is 15.8 Å². The van der Waals surface area contributed by atoms with Crippen molar-refractivity contribution in [2.24, 2.45) is 5.73 Å². The van der Waals surface area contributed by atoms with Crippen molar-refractivity contribution in [3.8, 4) is 0 Å². The molecule has 2 aliphatic rings. The molecule has 2 heterocycles. The quantitative estimate of drug-likeness (QED) is 0.902. The Kier molecular flexibility index (Phi) is 3.75. The first kappa shape index (κ1) is 13.2. The molecule has 6 heteroatoms. The fourth-order valence-electron chi connectivity index (χ4n) is 2.40. The van der Waals surface area contributed by atoms with Crippen LogP contribution in [0.5, 0.6) is 0 Å². The molecule has 1 aromatic carbocycles. The van der Waals surface area contributed by atoms with E-state index >= 15 is 0 Å². The van der Waals surface area contributed by atoms with E-state index < -0.39 is 0 Å². The average Bonchev–Trinajstić information content (AvgIpc) is 2.97. The molecule has 0 aromatic heterocycles. The zero-order chi connectivity index (χ0) is 13.9. The largest absolute Gasteiger partial charge is 0.474 e. The molecule has 2 N–H and O–H groups in total. The second-order valence-corrected chi connectivity index (χ2v) is 4.78. The first-order valence-electron chi connectivity index (χ1n) is 6.70. The van der Waals surface area contributed by atoms with Gasteiger partial charge in [-0.15, -0.1) is 0 Å². The number of nitrogens with two attached hydrogens (primary N) is 1. The zero-order valence-electron chi connectivity index (χ0n) is 11.2. The van der Waals surface area contributed by atoms with Crippen LogP contribution in [0.2, 0.25) is 0 Å². The van der Waals surface area contributed by atoms with Crippen molar-refractivity contribution in [2.45, 2.75) is 0 Å². The van der Waals surface area contributed by atoms with Crippen LogP contribution < -0.4 is 15.5 Å². The molecular formula is C14H18FN3O2. The summed E-state index contributed by atoms with van der Waals surface area (Å²) < 4.78 is 24.9. The Morgan fingerprint density at radius 1 is 1.25 bits per heavy atom. The van der Waals surface area contributed by atoms with Gasteiger partial charge in [0.25, 0.3) is 0 Å². The lowest BCUT2D eigenvalue weighted by atomic mass is 10.2. The van der Waals surface area contributed by atoms with E-state index in [-0.39, 0.29) is 5.82 Å². The van der Waals surface area contributed by atoms with Crippen LogP contribution >= 0.6 is 0 Å². The van der Waals surface area contributed by atoms with Gasteiger partial charge in [0, 0.05) is 25.0 Å². The van der Waals surface area contributed by atoms with Gasteiger partial charge in [0.1, 0.15) is 11.6 Å². The zero-order valence-corrected chi connectivity index (χ0v) is 11.2. The molecule has 0 saturated carbocycles. The van der Waals surface area contributed by atoms with Gasteiger partial charge in [-0.05, 0) is 18.2 Å². The van der Waals surface area contributed by atoms with Crippen molar-refractivity contribution in [3.05, 3.63) is 36.0 Å². The normalized spacial score (nSPS) is 19.0. The van der Waals surface area contributed by atoms with Crippen LogP contribution in [-0.2, 0) is 9.47 Å². The van der Waals surface area contributed by atoms with E-state index in [1.54, 1.807) is 0 Å². The van der Waals surface area contributed by atoms with Crippen molar-refractivity contribution in [1.82, 2.24) is 0 Å². The summed E-state index contributed by atoms with van der Waals surface area (Å²) in [7, 11) is 0. The van der Waals surface area contributed by atoms with Crippen molar-refractivity contribution in [3.63, 3.8) is 0 Å². The Labute approximate surface area is 117 Å². The molecular weight excluding hydrogens is 261 g/mol. The van der Waals surface area contributed by atoms with E-state index in [9.17, 15) is 4.39 Å². The summed E-state index contributed by atoms with van der Waals surface area (Å²) in [6.07, 6.45) is 1.81. The minimum absolute atomic E-state index is 0.223. The monoisotopic (exact) mass is 279 g/mol. The first-order chi connectivity index (χ1) is 9.78. The van der Waals surface area contributed by atoms with E-state index in [1.807, 2.05) is 28.1 Å². The number of ether oxygens (including phenoxy) is 2. The summed E-state index contributed by atoms with van der Waals surface area (Å²) in [6.45, 7) is 3.46. The van der Waals surface area contributed by atoms with Crippen LogP contribution in [0.15, 0.2) is 30.2 Å². The minimum atomic E-state index is -0.223. The van der Waals surface area contributed by atoms with Gasteiger partial charge in [-0.25, -0.2) is 4.39 Å². The molecule has 0 amide bonds. The predicted octanol–water partition coefficient (Wildman–Crippen LogP) is 1.26. The third-order valence-electron chi connectivity index (χ3n) is 3.50. The first-order valence-corrected chi connectivity index (χ1v) is 6.70. The van der Waals surface area contributed by atoms with E-state index in [2.05, 4.69) is 0 Å². The molecule has 1 fully saturated rings. The molecule has 0 atom stereocenters. The van der Waals surface area contributed by atoms with Gasteiger partial charge in [-0.3, -0.25) is 0 Å². The smallest absolute Gasteiger partial charge is 0.165 e. The molecule has 2 aliphatic heterocycles. The summed E-state index contributed by atoms with van der Waals surface area (Å²) >= 11 is 0. The van der Waals surface area contributed by atoms with Crippen LogP contribution in [0.25, 0.3) is 0 Å². The molecule has 1 saturated heterocycles. The molecule has 1 aromatic rings. The highest BCUT2D eigenvalue weighted by molar-refractivity contribution is 5.59. The Bertz CT molecular complexity index is 515. The second kappa shape index (κ2) is 5.68. The van der Waals surface area contributed by atoms with Gasteiger partial charge in [0.2, 0.25) is 0 Å². The maximum absolute atomic E-state index is 14.3. The lowest BCUT2D eigenvalue weighted by Gasteiger charge is -2.29. The summed E-state index contributed by atoms with van der Waals surface area (Å²) in [4.78, 5) is 3.85. The highest BCUT2D eigenvalue weighted by Gasteiger charge is 2.18. The molecule has 20 heavy (non-hydrogen) atoms. The van der Waals surface area contributed by atoms with Crippen molar-refractivity contribution in [2.75, 3.05) is 49.4 Å². The number of halogens is 1. The van der Waals surface area contributed by atoms with Gasteiger partial charge < -0.3 is 25.0 Å². The number of morpholine rings is 1. The Balaban J connectivity index is 1.79. The van der Waals surface area contributed by atoms with Crippen molar-refractivity contribution in [1.29, 1.82) is 0 Å². The van der Waals surface area contributed by atoms with Gasteiger partial charge in [-0.2, -0.15) is 0 Å². The maximum Gasteiger partial charge on any atom is 0.165 e. The SMILES string of the molecule is NCC1=CN(c2ccc(N3CCOCC3)c(F)c2)CO1. The second-order valence-electron chi connectivity index (χ2n) is 4.78. The minimum Gasteiger partial charge on any atom is -0.474 e. The fraction of sp³-hybridized carbons (Fsp3) is 0.429. The Morgan fingerprint density at radius 3 is 2.70 bits per heavy atom. The summed E-state index contributed by atoms with van der Waals surface area (Å²) in [5.74, 6) is 0.488. The van der Waals surface area contributed by atoms with Crippen LogP contribution in [-0.4, -0.2) is 39.6 Å². The molecule has 0 bridgehead atoms. The van der Waals surface area contributed by atoms with E-state index in [4.69, 9.17) is 15.2 Å². The maximum atomic E-state index is 14.3. The summed E-state index contributed by atoms with van der Waals surface area (Å²) in [6, 6.07) is 5.24. The fourth-order valence-corrected chi connectivity index (χ4v) is 2.40. The topological polar surface area (TPSA) is 51.0 Å². The number of hydrogen-bond acceptors (Lipinski definition) is 5. The average molecular weight is 279 g/mol. The van der Waals surface area contributed by atoms with Crippen molar-refractivity contribution < 1.29 is 13.9 Å². The lowest BCUT2D eigenvalue weighted by Crippen LogP contribution is -2.36. The highest BCUT2D eigenvalue weighted by atomic mass is 19.1. The van der Waals surface area contributed by atoms with Crippen LogP contribution in [0.1, 0.15) is 0 Å². The highest BCUT2D eigenvalue weighted by Crippen LogP contribution is 2.27. The Hall–Kier alpha value is -1.79. The van der Waals surface area contributed by atoms with Gasteiger partial charge in [-0.1, -0.05) is 0 Å². The summed E-state index contributed by atoms with van der Waals surface area (Å²) in [5.41, 5.74) is 6.90. The van der Waals surface area contributed by atoms with E-state index in [0.717, 1.165) is 18.8 Å². The number of anilines is 2. The molecule has 108 valence electrons. The summed E-state index contributed by atoms with van der Waals surface area (Å²) in [5, 5.41) is 0. The number of hydrogen-bond donors (Lipinski definition) is 1. The molecule has 0 radical (unpaired) electrons. The van der Waals surface area contributed by atoms with Crippen molar-refractivity contribution >= 4 is 11.4 Å². The molecule has 3 rings (SSSR count). The lowest BCUT2D eigenvalue weighted by molar-refractivity contribution is 0.122. The third-order valence-corrected chi connectivity index (χ3v) is 3.50. The van der Waals surface area contributed by atoms with Crippen LogP contribution in [0, 0.1) is 5.82 Å². The number of rotatable bonds is 3. The molecule has 0 spiro atoms. The molecule has 0 unspecified atom stereocenters. The molecule has 0 aliphatic carbocycles. The van der Waals surface area contributed by atoms with Gasteiger partial charge in [0.05, 0.1) is 25.4 Å². The third kappa shape index (κ3) is 2.57. The number of benzene rings is 1. The van der Waals surface area contributed by atoms with Gasteiger partial charge >= 0.3 is 0 Å².